The van der Waals surface area contributed by atoms with Crippen LogP contribution in [0.2, 0.25) is 0 Å². The topological polar surface area (TPSA) is 143 Å². The minimum Gasteiger partial charge on any atom is -0.349 e. The molecule has 0 atom stereocenters. The van der Waals surface area contributed by atoms with Crippen molar-refractivity contribution in [2.75, 3.05) is 6.54 Å². The Morgan fingerprint density at radius 1 is 1.30 bits per heavy atom. The summed E-state index contributed by atoms with van der Waals surface area (Å²) < 4.78 is 2.62. The van der Waals surface area contributed by atoms with Gasteiger partial charge in [0.25, 0.3) is 11.5 Å². The first-order valence-electron chi connectivity index (χ1n) is 6.62. The first kappa shape index (κ1) is 14.4. The molecule has 0 aromatic carbocycles. The lowest BCUT2D eigenvalue weighted by atomic mass is 10.4. The molecule has 0 saturated carbocycles. The molecule has 3 N–H and O–H groups in total. The summed E-state index contributed by atoms with van der Waals surface area (Å²) in [6.45, 7) is 0.335. The summed E-state index contributed by atoms with van der Waals surface area (Å²) in [5.41, 5.74) is -0.654. The van der Waals surface area contributed by atoms with Crippen LogP contribution in [0.5, 0.6) is 0 Å². The Bertz CT molecular complexity index is 920. The number of nitrogens with zero attached hydrogens (tertiary/aromatic N) is 5. The Morgan fingerprint density at radius 3 is 2.87 bits per heavy atom. The van der Waals surface area contributed by atoms with Gasteiger partial charge in [0, 0.05) is 18.8 Å². The van der Waals surface area contributed by atoms with Gasteiger partial charge in [-0.3, -0.25) is 9.59 Å². The van der Waals surface area contributed by atoms with E-state index in [1.807, 2.05) is 0 Å². The van der Waals surface area contributed by atoms with E-state index < -0.39 is 11.6 Å². The zero-order chi connectivity index (χ0) is 16.2. The second-order valence-corrected chi connectivity index (χ2v) is 4.51. The van der Waals surface area contributed by atoms with Gasteiger partial charge in [0.1, 0.15) is 18.3 Å². The molecule has 0 aliphatic heterocycles. The molecule has 0 unspecified atom stereocenters. The van der Waals surface area contributed by atoms with Gasteiger partial charge in [-0.1, -0.05) is 0 Å². The third-order valence-electron chi connectivity index (χ3n) is 2.96. The van der Waals surface area contributed by atoms with Crippen molar-refractivity contribution in [2.24, 2.45) is 0 Å². The van der Waals surface area contributed by atoms with Crippen LogP contribution < -0.4 is 16.6 Å². The maximum absolute atomic E-state index is 11.8. The summed E-state index contributed by atoms with van der Waals surface area (Å²) >= 11 is 0. The largest absolute Gasteiger partial charge is 0.349 e. The van der Waals surface area contributed by atoms with Gasteiger partial charge in [-0.25, -0.2) is 19.1 Å². The molecule has 23 heavy (non-hydrogen) atoms. The van der Waals surface area contributed by atoms with Crippen LogP contribution >= 0.6 is 0 Å². The summed E-state index contributed by atoms with van der Waals surface area (Å²) in [4.78, 5) is 42.9. The molecule has 3 aromatic heterocycles. The number of carbonyl (C=O) groups is 1. The standard InChI is InChI=1S/C12H12N8O3/c21-10-2-1-9(20-7-13-6-16-20)18-19(10)4-3-14-11(22)8-5-15-12(23)17-8/h1-2,5-7H,3-4H2,(H,14,22)(H2,15,17,23). The van der Waals surface area contributed by atoms with Crippen LogP contribution in [0, 0.1) is 0 Å². The maximum atomic E-state index is 11.8. The number of aromatic nitrogens is 7. The lowest BCUT2D eigenvalue weighted by molar-refractivity contribution is 0.0947. The number of H-pyrrole nitrogens is 2. The highest BCUT2D eigenvalue weighted by atomic mass is 16.2. The van der Waals surface area contributed by atoms with Crippen LogP contribution in [0.1, 0.15) is 10.5 Å². The van der Waals surface area contributed by atoms with Crippen LogP contribution in [0.4, 0.5) is 0 Å². The fraction of sp³-hybridized carbons (Fsp3) is 0.167. The van der Waals surface area contributed by atoms with Gasteiger partial charge >= 0.3 is 5.69 Å². The second-order valence-electron chi connectivity index (χ2n) is 4.51. The molecular weight excluding hydrogens is 304 g/mol. The molecule has 0 fully saturated rings. The van der Waals surface area contributed by atoms with Crippen molar-refractivity contribution in [3.05, 3.63) is 57.5 Å². The van der Waals surface area contributed by atoms with Crippen LogP contribution in [0.15, 0.2) is 40.6 Å². The molecule has 11 nitrogen and oxygen atoms in total. The number of carbonyl (C=O) groups excluding carboxylic acids is 1. The Labute approximate surface area is 128 Å². The minimum absolute atomic E-state index is 0.117. The molecule has 118 valence electrons. The van der Waals surface area contributed by atoms with Gasteiger partial charge in [0.05, 0.1) is 6.54 Å². The van der Waals surface area contributed by atoms with Crippen LogP contribution in [0.3, 0.4) is 0 Å². The number of imidazole rings is 1. The number of nitrogens with one attached hydrogen (secondary N) is 3. The van der Waals surface area contributed by atoms with Crippen molar-refractivity contribution in [1.82, 2.24) is 39.8 Å². The van der Waals surface area contributed by atoms with Gasteiger partial charge in [0.15, 0.2) is 5.82 Å². The summed E-state index contributed by atoms with van der Waals surface area (Å²) in [6.07, 6.45) is 4.09. The SMILES string of the molecule is O=C(NCCn1nc(-n2cncn2)ccc1=O)c1c[nH]c(=O)[nH]1. The molecule has 3 aromatic rings. The van der Waals surface area contributed by atoms with Gasteiger partial charge in [-0.15, -0.1) is 5.10 Å². The second kappa shape index (κ2) is 6.09. The van der Waals surface area contributed by atoms with Gasteiger partial charge in [-0.2, -0.15) is 5.10 Å². The van der Waals surface area contributed by atoms with E-state index in [0.717, 1.165) is 0 Å². The molecule has 11 heteroatoms. The zero-order valence-electron chi connectivity index (χ0n) is 11.8. The Balaban J connectivity index is 1.66. The average molecular weight is 316 g/mol. The predicted molar refractivity (Wildman–Crippen MR) is 77.2 cm³/mol. The third kappa shape index (κ3) is 3.23. The summed E-state index contributed by atoms with van der Waals surface area (Å²) in [5.74, 6) is -0.0211. The molecule has 0 aliphatic carbocycles. The molecule has 3 heterocycles. The number of aromatic amines is 2. The monoisotopic (exact) mass is 316 g/mol. The van der Waals surface area contributed by atoms with Gasteiger partial charge < -0.3 is 15.3 Å². The van der Waals surface area contributed by atoms with Crippen molar-refractivity contribution in [2.45, 2.75) is 6.54 Å². The maximum Gasteiger partial charge on any atom is 0.323 e. The summed E-state index contributed by atoms with van der Waals surface area (Å²) in [5, 5.41) is 10.6. The average Bonchev–Trinajstić information content (AvgIpc) is 3.20. The molecule has 0 saturated heterocycles. The van der Waals surface area contributed by atoms with E-state index in [1.165, 1.54) is 40.3 Å². The van der Waals surface area contributed by atoms with E-state index in [1.54, 1.807) is 0 Å². The smallest absolute Gasteiger partial charge is 0.323 e. The normalized spacial score (nSPS) is 10.6. The molecule has 0 spiro atoms. The zero-order valence-corrected chi connectivity index (χ0v) is 11.8. The van der Waals surface area contributed by atoms with Crippen LogP contribution in [-0.2, 0) is 6.54 Å². The molecule has 0 radical (unpaired) electrons. The molecular formula is C12H12N8O3. The Hall–Kier alpha value is -3.50. The molecule has 0 bridgehead atoms. The predicted octanol–water partition coefficient (Wildman–Crippen LogP) is -1.73. The van der Waals surface area contributed by atoms with Crippen molar-refractivity contribution in [3.63, 3.8) is 0 Å². The highest BCUT2D eigenvalue weighted by molar-refractivity contribution is 5.91. The fourth-order valence-electron chi connectivity index (χ4n) is 1.87. The number of hydrogen-bond acceptors (Lipinski definition) is 6. The van der Waals surface area contributed by atoms with Crippen molar-refractivity contribution >= 4 is 5.91 Å². The molecule has 3 rings (SSSR count). The van der Waals surface area contributed by atoms with Crippen molar-refractivity contribution < 1.29 is 4.79 Å². The van der Waals surface area contributed by atoms with Crippen molar-refractivity contribution in [3.8, 4) is 5.82 Å². The molecule has 0 aliphatic rings. The van der Waals surface area contributed by atoms with E-state index in [9.17, 15) is 14.4 Å². The Kier molecular flexibility index (Phi) is 3.82. The van der Waals surface area contributed by atoms with E-state index in [2.05, 4.69) is 30.5 Å². The summed E-state index contributed by atoms with van der Waals surface area (Å²) in [6, 6.07) is 2.88. The van der Waals surface area contributed by atoms with Gasteiger partial charge in [-0.05, 0) is 6.07 Å². The van der Waals surface area contributed by atoms with E-state index >= 15 is 0 Å². The number of amides is 1. The van der Waals surface area contributed by atoms with Crippen LogP contribution in [0.25, 0.3) is 5.82 Å². The quantitative estimate of drug-likeness (QED) is 0.510. The third-order valence-corrected chi connectivity index (χ3v) is 2.96. The van der Waals surface area contributed by atoms with Gasteiger partial charge in [0.2, 0.25) is 0 Å². The summed E-state index contributed by atoms with van der Waals surface area (Å²) in [7, 11) is 0. The van der Waals surface area contributed by atoms with E-state index in [4.69, 9.17) is 0 Å². The Morgan fingerprint density at radius 2 is 2.17 bits per heavy atom. The van der Waals surface area contributed by atoms with E-state index in [-0.39, 0.29) is 24.3 Å². The minimum atomic E-state index is -0.464. The number of hydrogen-bond donors (Lipinski definition) is 3. The number of rotatable bonds is 5. The van der Waals surface area contributed by atoms with Crippen LogP contribution in [-0.4, -0.2) is 47.0 Å². The lowest BCUT2D eigenvalue weighted by Crippen LogP contribution is -2.32. The molecule has 1 amide bonds. The van der Waals surface area contributed by atoms with E-state index in [0.29, 0.717) is 5.82 Å². The van der Waals surface area contributed by atoms with Crippen molar-refractivity contribution in [1.29, 1.82) is 0 Å². The fourth-order valence-corrected chi connectivity index (χ4v) is 1.87. The lowest BCUT2D eigenvalue weighted by Gasteiger charge is -2.07. The first-order chi connectivity index (χ1) is 11.1. The first-order valence-corrected chi connectivity index (χ1v) is 6.62. The highest BCUT2D eigenvalue weighted by Crippen LogP contribution is 1.96. The highest BCUT2D eigenvalue weighted by Gasteiger charge is 2.08.